The Kier molecular flexibility index (Phi) is 4.18. The largest absolute Gasteiger partial charge is 0.381 e. The van der Waals surface area contributed by atoms with Crippen molar-refractivity contribution >= 4 is 0 Å². The predicted molar refractivity (Wildman–Crippen MR) is 68.4 cm³/mol. The summed E-state index contributed by atoms with van der Waals surface area (Å²) in [5.74, 6) is 0. The molecular formula is C13H23N3O. The van der Waals surface area contributed by atoms with Crippen molar-refractivity contribution in [1.29, 1.82) is 0 Å². The van der Waals surface area contributed by atoms with E-state index >= 15 is 0 Å². The molecule has 0 saturated carbocycles. The third kappa shape index (κ3) is 2.69. The number of hydrogen-bond donors (Lipinski definition) is 1. The van der Waals surface area contributed by atoms with E-state index in [1.54, 1.807) is 0 Å². The number of nitrogens with zero attached hydrogens (tertiary/aromatic N) is 2. The van der Waals surface area contributed by atoms with Crippen molar-refractivity contribution in [3.8, 4) is 0 Å². The number of nitrogens with one attached hydrogen (secondary N) is 1. The molecule has 0 aromatic carbocycles. The highest BCUT2D eigenvalue weighted by atomic mass is 16.5. The van der Waals surface area contributed by atoms with Gasteiger partial charge in [0.15, 0.2) is 0 Å². The van der Waals surface area contributed by atoms with Crippen LogP contribution >= 0.6 is 0 Å². The first kappa shape index (κ1) is 12.6. The number of ether oxygens (including phenoxy) is 1. The normalized spacial score (nSPS) is 17.6. The molecule has 0 radical (unpaired) electrons. The zero-order valence-electron chi connectivity index (χ0n) is 11.1. The summed E-state index contributed by atoms with van der Waals surface area (Å²) in [6.45, 7) is 7.07. The van der Waals surface area contributed by atoms with Gasteiger partial charge in [-0.25, -0.2) is 0 Å². The summed E-state index contributed by atoms with van der Waals surface area (Å²) in [5.41, 5.74) is 3.93. The molecule has 2 heterocycles. The average molecular weight is 237 g/mol. The summed E-state index contributed by atoms with van der Waals surface area (Å²) in [6.07, 6.45) is 3.25. The molecule has 17 heavy (non-hydrogen) atoms. The number of aryl methyl sites for hydroxylation is 1. The zero-order valence-corrected chi connectivity index (χ0v) is 11.1. The van der Waals surface area contributed by atoms with Crippen LogP contribution in [0.25, 0.3) is 0 Å². The Morgan fingerprint density at radius 1 is 1.35 bits per heavy atom. The van der Waals surface area contributed by atoms with E-state index in [1.807, 2.05) is 7.05 Å². The van der Waals surface area contributed by atoms with Gasteiger partial charge in [0.1, 0.15) is 0 Å². The van der Waals surface area contributed by atoms with Gasteiger partial charge in [-0.1, -0.05) is 0 Å². The summed E-state index contributed by atoms with van der Waals surface area (Å²) in [7, 11) is 1.99. The molecule has 1 aromatic heterocycles. The van der Waals surface area contributed by atoms with Crippen LogP contribution in [0, 0.1) is 13.8 Å². The standard InChI is InChI=1S/C13H23N3O/c1-10-13(4-7-14-3)11(2)16(15-10)12-5-8-17-9-6-12/h12,14H,4-9H2,1-3H3. The average Bonchev–Trinajstić information content (AvgIpc) is 2.64. The van der Waals surface area contributed by atoms with Gasteiger partial charge in [-0.2, -0.15) is 5.10 Å². The highest BCUT2D eigenvalue weighted by Gasteiger charge is 2.20. The van der Waals surface area contributed by atoms with E-state index in [-0.39, 0.29) is 0 Å². The minimum Gasteiger partial charge on any atom is -0.381 e. The Balaban J connectivity index is 2.17. The molecule has 96 valence electrons. The van der Waals surface area contributed by atoms with Gasteiger partial charge in [0.25, 0.3) is 0 Å². The van der Waals surface area contributed by atoms with Gasteiger partial charge < -0.3 is 10.1 Å². The summed E-state index contributed by atoms with van der Waals surface area (Å²) < 4.78 is 7.64. The molecule has 4 nitrogen and oxygen atoms in total. The maximum Gasteiger partial charge on any atom is 0.0629 e. The molecule has 0 spiro atoms. The third-order valence-electron chi connectivity index (χ3n) is 3.64. The molecule has 0 atom stereocenters. The molecule has 1 aromatic rings. The van der Waals surface area contributed by atoms with Crippen LogP contribution in [0.15, 0.2) is 0 Å². The molecular weight excluding hydrogens is 214 g/mol. The van der Waals surface area contributed by atoms with E-state index in [2.05, 4.69) is 23.8 Å². The fourth-order valence-electron chi connectivity index (χ4n) is 2.59. The molecule has 2 rings (SSSR count). The summed E-state index contributed by atoms with van der Waals surface area (Å²) in [6, 6.07) is 0.533. The molecule has 0 amide bonds. The van der Waals surface area contributed by atoms with Gasteiger partial charge in [0.2, 0.25) is 0 Å². The summed E-state index contributed by atoms with van der Waals surface area (Å²) in [5, 5.41) is 7.92. The topological polar surface area (TPSA) is 39.1 Å². The minimum atomic E-state index is 0.533. The van der Waals surface area contributed by atoms with Gasteiger partial charge in [-0.15, -0.1) is 0 Å². The molecule has 1 N–H and O–H groups in total. The smallest absolute Gasteiger partial charge is 0.0629 e. The Morgan fingerprint density at radius 2 is 2.06 bits per heavy atom. The first-order valence-corrected chi connectivity index (χ1v) is 6.51. The lowest BCUT2D eigenvalue weighted by molar-refractivity contribution is 0.0656. The van der Waals surface area contributed by atoms with Crippen LogP contribution in [0.5, 0.6) is 0 Å². The first-order chi connectivity index (χ1) is 8.24. The Morgan fingerprint density at radius 3 is 2.71 bits per heavy atom. The van der Waals surface area contributed by atoms with E-state index in [0.717, 1.165) is 39.0 Å². The summed E-state index contributed by atoms with van der Waals surface area (Å²) in [4.78, 5) is 0. The van der Waals surface area contributed by atoms with Crippen LogP contribution in [0.4, 0.5) is 0 Å². The quantitative estimate of drug-likeness (QED) is 0.865. The van der Waals surface area contributed by atoms with Crippen LogP contribution in [0.1, 0.15) is 35.8 Å². The lowest BCUT2D eigenvalue weighted by atomic mass is 10.1. The monoisotopic (exact) mass is 237 g/mol. The number of aromatic nitrogens is 2. The SMILES string of the molecule is CNCCc1c(C)nn(C2CCOCC2)c1C. The molecule has 0 bridgehead atoms. The molecule has 1 saturated heterocycles. The van der Waals surface area contributed by atoms with E-state index in [1.165, 1.54) is 17.0 Å². The van der Waals surface area contributed by atoms with Crippen molar-refractivity contribution < 1.29 is 4.74 Å². The van der Waals surface area contributed by atoms with Crippen molar-refractivity contribution in [3.05, 3.63) is 17.0 Å². The van der Waals surface area contributed by atoms with E-state index in [4.69, 9.17) is 9.84 Å². The molecule has 1 aliphatic rings. The van der Waals surface area contributed by atoms with Crippen molar-refractivity contribution in [2.45, 2.75) is 39.2 Å². The van der Waals surface area contributed by atoms with E-state index in [9.17, 15) is 0 Å². The molecule has 0 aliphatic carbocycles. The van der Waals surface area contributed by atoms with Crippen LogP contribution in [0.3, 0.4) is 0 Å². The van der Waals surface area contributed by atoms with E-state index < -0.39 is 0 Å². The zero-order chi connectivity index (χ0) is 12.3. The van der Waals surface area contributed by atoms with Crippen LogP contribution in [-0.4, -0.2) is 36.6 Å². The van der Waals surface area contributed by atoms with Gasteiger partial charge in [0, 0.05) is 18.9 Å². The second-order valence-corrected chi connectivity index (χ2v) is 4.79. The van der Waals surface area contributed by atoms with E-state index in [0.29, 0.717) is 6.04 Å². The first-order valence-electron chi connectivity index (χ1n) is 6.51. The predicted octanol–water partition coefficient (Wildman–Crippen LogP) is 1.61. The highest BCUT2D eigenvalue weighted by molar-refractivity contribution is 5.25. The Bertz CT molecular complexity index is 367. The third-order valence-corrected chi connectivity index (χ3v) is 3.64. The highest BCUT2D eigenvalue weighted by Crippen LogP contribution is 2.24. The van der Waals surface area contributed by atoms with Crippen molar-refractivity contribution in [1.82, 2.24) is 15.1 Å². The van der Waals surface area contributed by atoms with Crippen LogP contribution < -0.4 is 5.32 Å². The second kappa shape index (κ2) is 5.65. The van der Waals surface area contributed by atoms with Crippen LogP contribution in [0.2, 0.25) is 0 Å². The van der Waals surface area contributed by atoms with Gasteiger partial charge in [0.05, 0.1) is 11.7 Å². The van der Waals surface area contributed by atoms with Crippen molar-refractivity contribution in [2.24, 2.45) is 0 Å². The van der Waals surface area contributed by atoms with Gasteiger partial charge in [-0.05, 0) is 52.3 Å². The molecule has 0 unspecified atom stereocenters. The fourth-order valence-corrected chi connectivity index (χ4v) is 2.59. The second-order valence-electron chi connectivity index (χ2n) is 4.79. The lowest BCUT2D eigenvalue weighted by Crippen LogP contribution is -2.21. The summed E-state index contributed by atoms with van der Waals surface area (Å²) >= 11 is 0. The molecule has 1 fully saturated rings. The van der Waals surface area contributed by atoms with Crippen molar-refractivity contribution in [3.63, 3.8) is 0 Å². The maximum atomic E-state index is 5.41. The van der Waals surface area contributed by atoms with Gasteiger partial charge >= 0.3 is 0 Å². The molecule has 1 aliphatic heterocycles. The number of likely N-dealkylation sites (N-methyl/N-ethyl adjacent to an activating group) is 1. The lowest BCUT2D eigenvalue weighted by Gasteiger charge is -2.23. The van der Waals surface area contributed by atoms with Crippen molar-refractivity contribution in [2.75, 3.05) is 26.8 Å². The number of hydrogen-bond acceptors (Lipinski definition) is 3. The van der Waals surface area contributed by atoms with Crippen LogP contribution in [-0.2, 0) is 11.2 Å². The molecule has 4 heteroatoms. The van der Waals surface area contributed by atoms with Gasteiger partial charge in [-0.3, -0.25) is 4.68 Å². The maximum absolute atomic E-state index is 5.41. The Hall–Kier alpha value is -0.870. The minimum absolute atomic E-state index is 0.533. The number of rotatable bonds is 4. The Labute approximate surface area is 103 Å². The fraction of sp³-hybridized carbons (Fsp3) is 0.769.